The highest BCUT2D eigenvalue weighted by Crippen LogP contribution is 2.42. The molecule has 1 fully saturated rings. The minimum Gasteiger partial charge on any atom is -0.236 e. The van der Waals surface area contributed by atoms with Gasteiger partial charge in [-0.2, -0.15) is 0 Å². The van der Waals surface area contributed by atoms with Crippen LogP contribution in [0.1, 0.15) is 37.2 Å². The van der Waals surface area contributed by atoms with Gasteiger partial charge in [0.25, 0.3) is 0 Å². The van der Waals surface area contributed by atoms with Gasteiger partial charge in [-0.25, -0.2) is 9.97 Å². The van der Waals surface area contributed by atoms with Crippen molar-refractivity contribution in [3.8, 4) is 0 Å². The van der Waals surface area contributed by atoms with Gasteiger partial charge in [0.15, 0.2) is 0 Å². The number of nitrogens with zero attached hydrogens (tertiary/aromatic N) is 2. The zero-order valence-electron chi connectivity index (χ0n) is 7.35. The van der Waals surface area contributed by atoms with E-state index in [2.05, 4.69) is 39.5 Å². The predicted octanol–water partition coefficient (Wildman–Crippen LogP) is 3.17. The second-order valence-electron chi connectivity index (χ2n) is 3.26. The standard InChI is InChI=1S/C9H10ClIN2/c1-2-6-12-8(5-3-4-5)7(11)9(10)13-6/h5H,2-4H2,1H3. The highest BCUT2D eigenvalue weighted by atomic mass is 127. The van der Waals surface area contributed by atoms with E-state index in [0.717, 1.165) is 21.5 Å². The first-order valence-corrected chi connectivity index (χ1v) is 5.89. The van der Waals surface area contributed by atoms with E-state index in [1.807, 2.05) is 0 Å². The number of halogens is 2. The van der Waals surface area contributed by atoms with Crippen molar-refractivity contribution in [3.63, 3.8) is 0 Å². The predicted molar refractivity (Wildman–Crippen MR) is 61.1 cm³/mol. The summed E-state index contributed by atoms with van der Waals surface area (Å²) < 4.78 is 1.04. The van der Waals surface area contributed by atoms with Crippen molar-refractivity contribution in [2.75, 3.05) is 0 Å². The van der Waals surface area contributed by atoms with Crippen LogP contribution in [0.2, 0.25) is 5.15 Å². The van der Waals surface area contributed by atoms with Crippen LogP contribution < -0.4 is 0 Å². The number of rotatable bonds is 2. The van der Waals surface area contributed by atoms with Gasteiger partial charge in [0.05, 0.1) is 9.26 Å². The maximum atomic E-state index is 6.01. The third-order valence-electron chi connectivity index (χ3n) is 2.16. The molecule has 0 amide bonds. The summed E-state index contributed by atoms with van der Waals surface area (Å²) in [5.74, 6) is 1.52. The molecule has 1 heterocycles. The van der Waals surface area contributed by atoms with E-state index in [4.69, 9.17) is 11.6 Å². The highest BCUT2D eigenvalue weighted by molar-refractivity contribution is 14.1. The summed E-state index contributed by atoms with van der Waals surface area (Å²) in [6.45, 7) is 2.05. The Balaban J connectivity index is 2.46. The van der Waals surface area contributed by atoms with Crippen LogP contribution in [-0.4, -0.2) is 9.97 Å². The topological polar surface area (TPSA) is 25.8 Å². The molecular formula is C9H10ClIN2. The van der Waals surface area contributed by atoms with Crippen LogP contribution in [0.15, 0.2) is 0 Å². The van der Waals surface area contributed by atoms with E-state index in [-0.39, 0.29) is 0 Å². The van der Waals surface area contributed by atoms with Gasteiger partial charge in [-0.05, 0) is 35.4 Å². The van der Waals surface area contributed by atoms with Gasteiger partial charge >= 0.3 is 0 Å². The first-order chi connectivity index (χ1) is 6.22. The van der Waals surface area contributed by atoms with Crippen molar-refractivity contribution >= 4 is 34.2 Å². The normalized spacial score (nSPS) is 16.2. The maximum absolute atomic E-state index is 6.01. The SMILES string of the molecule is CCc1nc(Cl)c(I)c(C2CC2)n1. The van der Waals surface area contributed by atoms with Crippen LogP contribution in [-0.2, 0) is 6.42 Å². The van der Waals surface area contributed by atoms with E-state index in [1.165, 1.54) is 12.8 Å². The summed E-state index contributed by atoms with van der Waals surface area (Å²) >= 11 is 8.25. The van der Waals surface area contributed by atoms with Gasteiger partial charge in [0.1, 0.15) is 11.0 Å². The Hall–Kier alpha value is 0.1000. The summed E-state index contributed by atoms with van der Waals surface area (Å²) in [4.78, 5) is 8.72. The fourth-order valence-electron chi connectivity index (χ4n) is 1.27. The van der Waals surface area contributed by atoms with E-state index < -0.39 is 0 Å². The second kappa shape index (κ2) is 3.69. The summed E-state index contributed by atoms with van der Waals surface area (Å²) in [6, 6.07) is 0. The van der Waals surface area contributed by atoms with Gasteiger partial charge in [-0.15, -0.1) is 0 Å². The molecule has 0 saturated heterocycles. The Labute approximate surface area is 96.3 Å². The van der Waals surface area contributed by atoms with Crippen molar-refractivity contribution in [2.45, 2.75) is 32.1 Å². The van der Waals surface area contributed by atoms with E-state index in [0.29, 0.717) is 11.1 Å². The van der Waals surface area contributed by atoms with Gasteiger partial charge in [0.2, 0.25) is 0 Å². The molecule has 1 aromatic rings. The Kier molecular flexibility index (Phi) is 2.74. The Bertz CT molecular complexity index is 337. The molecule has 13 heavy (non-hydrogen) atoms. The maximum Gasteiger partial charge on any atom is 0.146 e. The van der Waals surface area contributed by atoms with Gasteiger partial charge < -0.3 is 0 Å². The molecule has 70 valence electrons. The lowest BCUT2D eigenvalue weighted by atomic mass is 10.3. The average molecular weight is 309 g/mol. The Morgan fingerprint density at radius 2 is 2.15 bits per heavy atom. The van der Waals surface area contributed by atoms with E-state index in [1.54, 1.807) is 0 Å². The van der Waals surface area contributed by atoms with Crippen LogP contribution in [0.3, 0.4) is 0 Å². The molecule has 2 rings (SSSR count). The molecule has 0 spiro atoms. The largest absolute Gasteiger partial charge is 0.236 e. The summed E-state index contributed by atoms with van der Waals surface area (Å²) in [6.07, 6.45) is 3.37. The summed E-state index contributed by atoms with van der Waals surface area (Å²) in [5.41, 5.74) is 1.16. The number of aromatic nitrogens is 2. The van der Waals surface area contributed by atoms with Crippen molar-refractivity contribution in [1.29, 1.82) is 0 Å². The summed E-state index contributed by atoms with van der Waals surface area (Å²) in [7, 11) is 0. The second-order valence-corrected chi connectivity index (χ2v) is 4.69. The molecule has 1 aliphatic rings. The minimum atomic E-state index is 0.620. The van der Waals surface area contributed by atoms with E-state index in [9.17, 15) is 0 Å². The molecular weight excluding hydrogens is 298 g/mol. The van der Waals surface area contributed by atoms with Crippen LogP contribution >= 0.6 is 34.2 Å². The number of hydrogen-bond acceptors (Lipinski definition) is 2. The average Bonchev–Trinajstić information content (AvgIpc) is 2.92. The van der Waals surface area contributed by atoms with Crippen LogP contribution in [0.4, 0.5) is 0 Å². The van der Waals surface area contributed by atoms with Crippen molar-refractivity contribution < 1.29 is 0 Å². The van der Waals surface area contributed by atoms with E-state index >= 15 is 0 Å². The molecule has 1 aliphatic carbocycles. The fourth-order valence-corrected chi connectivity index (χ4v) is 2.14. The lowest BCUT2D eigenvalue weighted by Crippen LogP contribution is -2.01. The minimum absolute atomic E-state index is 0.620. The van der Waals surface area contributed by atoms with Gasteiger partial charge in [-0.3, -0.25) is 0 Å². The zero-order valence-corrected chi connectivity index (χ0v) is 10.3. The Morgan fingerprint density at radius 1 is 1.46 bits per heavy atom. The van der Waals surface area contributed by atoms with Gasteiger partial charge in [-0.1, -0.05) is 18.5 Å². The molecule has 0 aromatic carbocycles. The van der Waals surface area contributed by atoms with Crippen molar-refractivity contribution in [3.05, 3.63) is 20.2 Å². The monoisotopic (exact) mass is 308 g/mol. The molecule has 0 unspecified atom stereocenters. The molecule has 4 heteroatoms. The van der Waals surface area contributed by atoms with Crippen molar-refractivity contribution in [2.24, 2.45) is 0 Å². The van der Waals surface area contributed by atoms with Gasteiger partial charge in [0, 0.05) is 12.3 Å². The van der Waals surface area contributed by atoms with Crippen LogP contribution in [0, 0.1) is 3.57 Å². The zero-order chi connectivity index (χ0) is 9.42. The molecule has 0 atom stereocenters. The molecule has 1 saturated carbocycles. The lowest BCUT2D eigenvalue weighted by Gasteiger charge is -2.05. The first kappa shape index (κ1) is 9.65. The lowest BCUT2D eigenvalue weighted by molar-refractivity contribution is 0.873. The quantitative estimate of drug-likeness (QED) is 0.619. The fraction of sp³-hybridized carbons (Fsp3) is 0.556. The molecule has 0 aliphatic heterocycles. The third kappa shape index (κ3) is 1.96. The highest BCUT2D eigenvalue weighted by Gasteiger charge is 2.28. The molecule has 2 nitrogen and oxygen atoms in total. The molecule has 0 bridgehead atoms. The first-order valence-electron chi connectivity index (χ1n) is 4.44. The third-order valence-corrected chi connectivity index (χ3v) is 3.82. The molecule has 1 aromatic heterocycles. The smallest absolute Gasteiger partial charge is 0.146 e. The molecule has 0 N–H and O–H groups in total. The molecule has 0 radical (unpaired) electrons. The number of hydrogen-bond donors (Lipinski definition) is 0. The summed E-state index contributed by atoms with van der Waals surface area (Å²) in [5, 5.41) is 0.620. The Morgan fingerprint density at radius 3 is 2.69 bits per heavy atom. The van der Waals surface area contributed by atoms with Crippen molar-refractivity contribution in [1.82, 2.24) is 9.97 Å². The number of aryl methyl sites for hydroxylation is 1. The van der Waals surface area contributed by atoms with Crippen LogP contribution in [0.5, 0.6) is 0 Å². The van der Waals surface area contributed by atoms with Crippen LogP contribution in [0.25, 0.3) is 0 Å².